The standard InChI is InChI=1S/C25H22ClF3N4O3S/c1-35-14-19-13-32(6-7-36-19)24-31-23(34)22(37-24)9-15-2-5-21-17(8-15)11-30-33(21)12-16-3-4-18(26)10-20(16)25(27,28)29/h2-5,8-11,19H,6-7,12-14H2,1H3/t19-/m0/s1. The van der Waals surface area contributed by atoms with Gasteiger partial charge in [0.05, 0.1) is 48.0 Å². The van der Waals surface area contributed by atoms with Crippen LogP contribution in [0.4, 0.5) is 13.2 Å². The minimum Gasteiger partial charge on any atom is -0.382 e. The third-order valence-corrected chi connectivity index (χ3v) is 7.31. The number of benzene rings is 2. The van der Waals surface area contributed by atoms with Crippen LogP contribution in [0.1, 0.15) is 16.7 Å². The van der Waals surface area contributed by atoms with Gasteiger partial charge in [-0.1, -0.05) is 23.7 Å². The summed E-state index contributed by atoms with van der Waals surface area (Å²) in [7, 11) is 1.62. The van der Waals surface area contributed by atoms with Gasteiger partial charge in [-0.05, 0) is 53.2 Å². The number of methoxy groups -OCH3 is 1. The molecule has 2 aromatic carbocycles. The summed E-state index contributed by atoms with van der Waals surface area (Å²) < 4.78 is 52.8. The summed E-state index contributed by atoms with van der Waals surface area (Å²) in [5, 5.41) is 5.69. The van der Waals surface area contributed by atoms with Gasteiger partial charge in [0.1, 0.15) is 0 Å². The van der Waals surface area contributed by atoms with E-state index in [4.69, 9.17) is 21.1 Å². The van der Waals surface area contributed by atoms with Crippen molar-refractivity contribution in [1.82, 2.24) is 14.7 Å². The van der Waals surface area contributed by atoms with E-state index in [2.05, 4.69) is 10.1 Å². The fourth-order valence-corrected chi connectivity index (χ4v) is 5.42. The number of hydrogen-bond donors (Lipinski definition) is 0. The Labute approximate surface area is 219 Å². The van der Waals surface area contributed by atoms with Gasteiger partial charge in [0.15, 0.2) is 5.17 Å². The molecule has 0 bridgehead atoms. The topological polar surface area (TPSA) is 69.0 Å². The average Bonchev–Trinajstić information content (AvgIpc) is 3.43. The minimum absolute atomic E-state index is 0.0222. The molecule has 2 aliphatic heterocycles. The number of ether oxygens (including phenoxy) is 2. The minimum atomic E-state index is -4.53. The van der Waals surface area contributed by atoms with Crippen molar-refractivity contribution in [2.24, 2.45) is 4.99 Å². The summed E-state index contributed by atoms with van der Waals surface area (Å²) in [4.78, 5) is 19.3. The third-order valence-electron chi connectivity index (χ3n) is 6.03. The van der Waals surface area contributed by atoms with Crippen LogP contribution in [0.3, 0.4) is 0 Å². The number of rotatable bonds is 5. The number of morpholine rings is 1. The van der Waals surface area contributed by atoms with Crippen LogP contribution < -0.4 is 0 Å². The average molecular weight is 551 g/mol. The maximum Gasteiger partial charge on any atom is 0.416 e. The second-order valence-electron chi connectivity index (χ2n) is 8.62. The SMILES string of the molecule is COC[C@@H]1CN(C2=NC(=O)C(=Cc3ccc4c(cnn4Cc4ccc(Cl)cc4C(F)(F)F)c3)S2)CCO1. The molecule has 0 spiro atoms. The Morgan fingerprint density at radius 3 is 2.89 bits per heavy atom. The Morgan fingerprint density at radius 2 is 2.11 bits per heavy atom. The lowest BCUT2D eigenvalue weighted by Crippen LogP contribution is -2.46. The first-order valence-electron chi connectivity index (χ1n) is 11.4. The molecule has 0 radical (unpaired) electrons. The molecule has 194 valence electrons. The lowest BCUT2D eigenvalue weighted by atomic mass is 10.1. The third kappa shape index (κ3) is 5.69. The van der Waals surface area contributed by atoms with Gasteiger partial charge in [0.2, 0.25) is 0 Å². The molecule has 5 rings (SSSR count). The molecule has 1 aromatic heterocycles. The van der Waals surface area contributed by atoms with Gasteiger partial charge < -0.3 is 14.4 Å². The van der Waals surface area contributed by atoms with Crippen LogP contribution in [0.2, 0.25) is 5.02 Å². The molecule has 1 fully saturated rings. The fraction of sp³-hybridized carbons (Fsp3) is 0.320. The first kappa shape index (κ1) is 25.8. The van der Waals surface area contributed by atoms with Crippen LogP contribution in [0.25, 0.3) is 17.0 Å². The highest BCUT2D eigenvalue weighted by atomic mass is 35.5. The second kappa shape index (κ2) is 10.5. The van der Waals surface area contributed by atoms with E-state index in [0.29, 0.717) is 41.9 Å². The molecule has 12 heteroatoms. The first-order chi connectivity index (χ1) is 17.7. The summed E-state index contributed by atoms with van der Waals surface area (Å²) in [5.74, 6) is -0.312. The number of amides is 1. The van der Waals surface area contributed by atoms with E-state index in [1.807, 2.05) is 11.0 Å². The normalized spacial score (nSPS) is 19.8. The first-order valence-corrected chi connectivity index (χ1v) is 12.6. The van der Waals surface area contributed by atoms with E-state index in [0.717, 1.165) is 17.0 Å². The Balaban J connectivity index is 1.33. The summed E-state index contributed by atoms with van der Waals surface area (Å²) in [6.45, 7) is 2.16. The van der Waals surface area contributed by atoms with Crippen molar-refractivity contribution in [3.8, 4) is 0 Å². The van der Waals surface area contributed by atoms with Gasteiger partial charge in [-0.15, -0.1) is 0 Å². The summed E-state index contributed by atoms with van der Waals surface area (Å²) >= 11 is 7.11. The maximum absolute atomic E-state index is 13.5. The predicted octanol–water partition coefficient (Wildman–Crippen LogP) is 5.07. The summed E-state index contributed by atoms with van der Waals surface area (Å²) in [6, 6.07) is 9.14. The lowest BCUT2D eigenvalue weighted by molar-refractivity contribution is -0.138. The van der Waals surface area contributed by atoms with Gasteiger partial charge in [0.25, 0.3) is 5.91 Å². The van der Waals surface area contributed by atoms with E-state index in [9.17, 15) is 18.0 Å². The number of hydrogen-bond acceptors (Lipinski definition) is 6. The van der Waals surface area contributed by atoms with Crippen LogP contribution in [0.5, 0.6) is 0 Å². The summed E-state index contributed by atoms with van der Waals surface area (Å²) in [6.07, 6.45) is -1.26. The molecule has 1 amide bonds. The Bertz CT molecular complexity index is 1400. The Hall–Kier alpha value is -2.86. The van der Waals surface area contributed by atoms with E-state index < -0.39 is 11.7 Å². The van der Waals surface area contributed by atoms with Gasteiger partial charge in [-0.2, -0.15) is 23.3 Å². The second-order valence-corrected chi connectivity index (χ2v) is 10.1. The van der Waals surface area contributed by atoms with Crippen molar-refractivity contribution < 1.29 is 27.4 Å². The Kier molecular flexibility index (Phi) is 7.30. The zero-order chi connectivity index (χ0) is 26.2. The molecule has 3 heterocycles. The van der Waals surface area contributed by atoms with Crippen molar-refractivity contribution >= 4 is 51.4 Å². The molecule has 0 saturated carbocycles. The number of carbonyl (C=O) groups is 1. The molecule has 37 heavy (non-hydrogen) atoms. The summed E-state index contributed by atoms with van der Waals surface area (Å²) in [5.41, 5.74) is 0.721. The highest BCUT2D eigenvalue weighted by molar-refractivity contribution is 8.18. The van der Waals surface area contributed by atoms with E-state index >= 15 is 0 Å². The van der Waals surface area contributed by atoms with Crippen molar-refractivity contribution in [3.05, 3.63) is 69.2 Å². The fourth-order valence-electron chi connectivity index (χ4n) is 4.30. The van der Waals surface area contributed by atoms with Crippen LogP contribution in [-0.4, -0.2) is 65.3 Å². The van der Waals surface area contributed by atoms with Crippen molar-refractivity contribution in [3.63, 3.8) is 0 Å². The molecule has 7 nitrogen and oxygen atoms in total. The number of aromatic nitrogens is 2. The van der Waals surface area contributed by atoms with Gasteiger partial charge in [-0.25, -0.2) is 0 Å². The van der Waals surface area contributed by atoms with E-state index in [1.165, 1.54) is 28.6 Å². The number of thioether (sulfide) groups is 1. The highest BCUT2D eigenvalue weighted by Crippen LogP contribution is 2.35. The number of aliphatic imine (C=N–C) groups is 1. The van der Waals surface area contributed by atoms with E-state index in [1.54, 1.807) is 31.5 Å². The number of carbonyl (C=O) groups excluding carboxylic acids is 1. The number of fused-ring (bicyclic) bond motifs is 1. The van der Waals surface area contributed by atoms with Crippen LogP contribution in [-0.2, 0) is 27.0 Å². The van der Waals surface area contributed by atoms with Crippen LogP contribution in [0, 0.1) is 0 Å². The lowest BCUT2D eigenvalue weighted by Gasteiger charge is -2.33. The quantitative estimate of drug-likeness (QED) is 0.413. The Morgan fingerprint density at radius 1 is 1.27 bits per heavy atom. The predicted molar refractivity (Wildman–Crippen MR) is 136 cm³/mol. The van der Waals surface area contributed by atoms with Gasteiger partial charge in [-0.3, -0.25) is 9.48 Å². The van der Waals surface area contributed by atoms with Crippen molar-refractivity contribution in [1.29, 1.82) is 0 Å². The van der Waals surface area contributed by atoms with Gasteiger partial charge in [0, 0.05) is 30.6 Å². The molecule has 1 saturated heterocycles. The van der Waals surface area contributed by atoms with Crippen LogP contribution >= 0.6 is 23.4 Å². The number of nitrogens with zero attached hydrogens (tertiary/aromatic N) is 4. The van der Waals surface area contributed by atoms with Crippen molar-refractivity contribution in [2.45, 2.75) is 18.8 Å². The van der Waals surface area contributed by atoms with Gasteiger partial charge >= 0.3 is 6.18 Å². The molecule has 0 N–H and O–H groups in total. The smallest absolute Gasteiger partial charge is 0.382 e. The molecule has 0 aliphatic carbocycles. The molecule has 2 aliphatic rings. The molecule has 0 unspecified atom stereocenters. The number of halogens is 4. The van der Waals surface area contributed by atoms with Crippen molar-refractivity contribution in [2.75, 3.05) is 33.4 Å². The number of alkyl halides is 3. The maximum atomic E-state index is 13.5. The number of amidine groups is 1. The monoisotopic (exact) mass is 550 g/mol. The molecule has 3 aromatic rings. The molecular formula is C25H22ClF3N4O3S. The highest BCUT2D eigenvalue weighted by Gasteiger charge is 2.34. The molecular weight excluding hydrogens is 529 g/mol. The largest absolute Gasteiger partial charge is 0.416 e. The molecule has 1 atom stereocenters. The van der Waals surface area contributed by atoms with Crippen LogP contribution in [0.15, 0.2) is 52.5 Å². The zero-order valence-corrected chi connectivity index (χ0v) is 21.2. The zero-order valence-electron chi connectivity index (χ0n) is 19.7. The van der Waals surface area contributed by atoms with E-state index in [-0.39, 0.29) is 29.1 Å².